The summed E-state index contributed by atoms with van der Waals surface area (Å²) in [4.78, 5) is 32.9. The van der Waals surface area contributed by atoms with Gasteiger partial charge in [0.15, 0.2) is 5.16 Å². The van der Waals surface area contributed by atoms with Gasteiger partial charge < -0.3 is 9.88 Å². The Bertz CT molecular complexity index is 715. The van der Waals surface area contributed by atoms with Gasteiger partial charge in [-0.3, -0.25) is 9.59 Å². The van der Waals surface area contributed by atoms with Crippen LogP contribution in [0.2, 0.25) is 0 Å². The maximum absolute atomic E-state index is 12.5. The Kier molecular flexibility index (Phi) is 5.98. The van der Waals surface area contributed by atoms with E-state index in [1.54, 1.807) is 11.9 Å². The second-order valence-corrected chi connectivity index (χ2v) is 6.61. The number of aromatic nitrogens is 2. The average Bonchev–Trinajstić information content (AvgIpc) is 2.54. The molecule has 6 heteroatoms. The Labute approximate surface area is 140 Å². The molecule has 1 atom stereocenters. The average molecular weight is 331 g/mol. The molecule has 0 aliphatic carbocycles. The largest absolute Gasteiger partial charge is 0.315 e. The fourth-order valence-electron chi connectivity index (χ4n) is 2.19. The van der Waals surface area contributed by atoms with Gasteiger partial charge in [0.2, 0.25) is 5.91 Å². The summed E-state index contributed by atoms with van der Waals surface area (Å²) in [6.45, 7) is 3.86. The first-order valence-corrected chi connectivity index (χ1v) is 8.48. The van der Waals surface area contributed by atoms with Crippen LogP contribution in [0.3, 0.4) is 0 Å². The summed E-state index contributed by atoms with van der Waals surface area (Å²) in [7, 11) is 1.75. The van der Waals surface area contributed by atoms with Crippen molar-refractivity contribution in [3.05, 3.63) is 52.4 Å². The lowest BCUT2D eigenvalue weighted by atomic mass is 10.2. The number of aromatic amines is 1. The van der Waals surface area contributed by atoms with Gasteiger partial charge in [-0.15, -0.1) is 0 Å². The van der Waals surface area contributed by atoms with Crippen molar-refractivity contribution in [1.82, 2.24) is 9.97 Å². The molecule has 0 saturated heterocycles. The Hall–Kier alpha value is -2.08. The number of carbonyl (C=O) groups is 1. The highest BCUT2D eigenvalue weighted by molar-refractivity contribution is 8.00. The highest BCUT2D eigenvalue weighted by Gasteiger charge is 2.21. The highest BCUT2D eigenvalue weighted by atomic mass is 32.2. The van der Waals surface area contributed by atoms with E-state index in [1.807, 2.05) is 44.2 Å². The maximum atomic E-state index is 12.5. The van der Waals surface area contributed by atoms with Gasteiger partial charge in [-0.2, -0.15) is 0 Å². The molecule has 2 rings (SSSR count). The van der Waals surface area contributed by atoms with Crippen molar-refractivity contribution in [2.45, 2.75) is 37.1 Å². The van der Waals surface area contributed by atoms with Crippen molar-refractivity contribution in [3.63, 3.8) is 0 Å². The molecular formula is C17H21N3O2S. The number of nitrogens with zero attached hydrogens (tertiary/aromatic N) is 2. The number of hydrogen-bond donors (Lipinski definition) is 1. The molecule has 0 bridgehead atoms. The van der Waals surface area contributed by atoms with E-state index in [1.165, 1.54) is 17.8 Å². The number of nitrogens with one attached hydrogen (secondary N) is 1. The third kappa shape index (κ3) is 4.69. The van der Waals surface area contributed by atoms with E-state index in [-0.39, 0.29) is 16.7 Å². The smallest absolute Gasteiger partial charge is 0.251 e. The van der Waals surface area contributed by atoms with Crippen molar-refractivity contribution in [3.8, 4) is 0 Å². The molecule has 0 aliphatic rings. The van der Waals surface area contributed by atoms with Crippen LogP contribution in [0.4, 0.5) is 5.69 Å². The van der Waals surface area contributed by atoms with Gasteiger partial charge >= 0.3 is 0 Å². The summed E-state index contributed by atoms with van der Waals surface area (Å²) < 4.78 is 0. The first-order valence-electron chi connectivity index (χ1n) is 7.60. The lowest BCUT2D eigenvalue weighted by Crippen LogP contribution is -2.33. The molecule has 2 aromatic rings. The van der Waals surface area contributed by atoms with E-state index >= 15 is 0 Å². The van der Waals surface area contributed by atoms with Gasteiger partial charge in [-0.1, -0.05) is 43.3 Å². The summed E-state index contributed by atoms with van der Waals surface area (Å²) in [5.74, 6) is -0.0373. The molecule has 23 heavy (non-hydrogen) atoms. The number of carbonyl (C=O) groups excluding carboxylic acids is 1. The van der Waals surface area contributed by atoms with Crippen LogP contribution in [0.5, 0.6) is 0 Å². The zero-order valence-corrected chi connectivity index (χ0v) is 14.4. The maximum Gasteiger partial charge on any atom is 0.251 e. The number of para-hydroxylation sites is 1. The van der Waals surface area contributed by atoms with Crippen LogP contribution in [0, 0.1) is 0 Å². The fraction of sp³-hybridized carbons (Fsp3) is 0.353. The molecule has 1 N–H and O–H groups in total. The molecule has 1 unspecified atom stereocenters. The minimum atomic E-state index is -0.347. The van der Waals surface area contributed by atoms with E-state index in [0.29, 0.717) is 5.16 Å². The number of benzene rings is 1. The fourth-order valence-corrected chi connectivity index (χ4v) is 3.12. The second-order valence-electron chi connectivity index (χ2n) is 5.28. The molecule has 0 spiro atoms. The minimum absolute atomic E-state index is 0.0373. The normalized spacial score (nSPS) is 12.0. The third-order valence-corrected chi connectivity index (χ3v) is 4.36. The van der Waals surface area contributed by atoms with E-state index in [0.717, 1.165) is 24.2 Å². The number of H-pyrrole nitrogens is 1. The molecule has 5 nitrogen and oxygen atoms in total. The number of aryl methyl sites for hydroxylation is 1. The number of hydrogen-bond acceptors (Lipinski definition) is 4. The van der Waals surface area contributed by atoms with Gasteiger partial charge in [0.25, 0.3) is 5.56 Å². The monoisotopic (exact) mass is 331 g/mol. The first-order chi connectivity index (χ1) is 11.0. The molecule has 1 aromatic carbocycles. The SMILES string of the molecule is CCCc1cc(=O)[nH]c(SC(C)C(=O)N(C)c2ccccc2)n1. The highest BCUT2D eigenvalue weighted by Crippen LogP contribution is 2.22. The Balaban J connectivity index is 2.10. The van der Waals surface area contributed by atoms with E-state index in [4.69, 9.17) is 0 Å². The summed E-state index contributed by atoms with van der Waals surface area (Å²) >= 11 is 1.27. The zero-order valence-electron chi connectivity index (χ0n) is 13.6. The van der Waals surface area contributed by atoms with Crippen molar-refractivity contribution in [2.75, 3.05) is 11.9 Å². The lowest BCUT2D eigenvalue weighted by molar-refractivity contribution is -0.117. The second kappa shape index (κ2) is 7.97. The van der Waals surface area contributed by atoms with Crippen LogP contribution < -0.4 is 10.5 Å². The van der Waals surface area contributed by atoms with Crippen LogP contribution in [-0.4, -0.2) is 28.2 Å². The van der Waals surface area contributed by atoms with Gasteiger partial charge in [0.05, 0.1) is 5.25 Å². The zero-order chi connectivity index (χ0) is 16.8. The van der Waals surface area contributed by atoms with Gasteiger partial charge in [-0.25, -0.2) is 4.98 Å². The van der Waals surface area contributed by atoms with Gasteiger partial charge in [0.1, 0.15) is 0 Å². The predicted molar refractivity (Wildman–Crippen MR) is 94.0 cm³/mol. The number of amides is 1. The van der Waals surface area contributed by atoms with Crippen LogP contribution >= 0.6 is 11.8 Å². The van der Waals surface area contributed by atoms with Crippen molar-refractivity contribution in [2.24, 2.45) is 0 Å². The van der Waals surface area contributed by atoms with Crippen LogP contribution in [0.25, 0.3) is 0 Å². The molecule has 0 radical (unpaired) electrons. The topological polar surface area (TPSA) is 66.1 Å². The Morgan fingerprint density at radius 3 is 2.70 bits per heavy atom. The van der Waals surface area contributed by atoms with Crippen LogP contribution in [-0.2, 0) is 11.2 Å². The molecule has 1 aromatic heterocycles. The van der Waals surface area contributed by atoms with Gasteiger partial charge in [0, 0.05) is 24.5 Å². The first kappa shape index (κ1) is 17.3. The van der Waals surface area contributed by atoms with Gasteiger partial charge in [-0.05, 0) is 25.5 Å². The molecule has 122 valence electrons. The number of rotatable bonds is 6. The molecule has 0 fully saturated rings. The summed E-state index contributed by atoms with van der Waals surface area (Å²) in [6, 6.07) is 11.0. The lowest BCUT2D eigenvalue weighted by Gasteiger charge is -2.20. The molecule has 1 heterocycles. The van der Waals surface area contributed by atoms with Crippen molar-refractivity contribution < 1.29 is 4.79 Å². The minimum Gasteiger partial charge on any atom is -0.315 e. The predicted octanol–water partition coefficient (Wildman–Crippen LogP) is 2.87. The quantitative estimate of drug-likeness (QED) is 0.653. The summed E-state index contributed by atoms with van der Waals surface area (Å²) in [5.41, 5.74) is 1.42. The summed E-state index contributed by atoms with van der Waals surface area (Å²) in [5, 5.41) is 0.142. The van der Waals surface area contributed by atoms with Crippen LogP contribution in [0.15, 0.2) is 46.3 Å². The Morgan fingerprint density at radius 2 is 2.04 bits per heavy atom. The summed E-state index contributed by atoms with van der Waals surface area (Å²) in [6.07, 6.45) is 1.68. The van der Waals surface area contributed by atoms with E-state index in [9.17, 15) is 9.59 Å². The van der Waals surface area contributed by atoms with Crippen molar-refractivity contribution in [1.29, 1.82) is 0 Å². The van der Waals surface area contributed by atoms with Crippen molar-refractivity contribution >= 4 is 23.4 Å². The standard InChI is InChI=1S/C17H21N3O2S/c1-4-8-13-11-15(21)19-17(18-13)23-12(2)16(22)20(3)14-9-6-5-7-10-14/h5-7,9-12H,4,8H2,1-3H3,(H,18,19,21). The number of thioether (sulfide) groups is 1. The van der Waals surface area contributed by atoms with E-state index < -0.39 is 0 Å². The number of anilines is 1. The molecule has 0 saturated carbocycles. The van der Waals surface area contributed by atoms with E-state index in [2.05, 4.69) is 9.97 Å². The molecular weight excluding hydrogens is 310 g/mol. The Morgan fingerprint density at radius 1 is 1.35 bits per heavy atom. The third-order valence-electron chi connectivity index (χ3n) is 3.39. The van der Waals surface area contributed by atoms with Crippen LogP contribution in [0.1, 0.15) is 26.0 Å². The molecule has 0 aliphatic heterocycles. The molecule has 1 amide bonds.